The van der Waals surface area contributed by atoms with Crippen LogP contribution >= 0.6 is 0 Å². The lowest BCUT2D eigenvalue weighted by molar-refractivity contribution is 0.256. The molecule has 1 fully saturated rings. The largest absolute Gasteiger partial charge is 0.627 e. The number of hydroxylamine groups is 2. The number of nitrogens with zero attached hydrogens (tertiary/aromatic N) is 4. The summed E-state index contributed by atoms with van der Waals surface area (Å²) >= 11 is 0. The van der Waals surface area contributed by atoms with E-state index in [-0.39, 0.29) is 28.4 Å². The maximum atomic E-state index is 13.2. The monoisotopic (exact) mass is 422 g/mol. The molecule has 1 saturated heterocycles. The van der Waals surface area contributed by atoms with E-state index in [2.05, 4.69) is 20.3 Å². The zero-order chi connectivity index (χ0) is 21.1. The van der Waals surface area contributed by atoms with Crippen molar-refractivity contribution >= 4 is 27.7 Å². The highest BCUT2D eigenvalue weighted by Gasteiger charge is 2.32. The number of methoxy groups -OCH3 is 1. The third-order valence-corrected chi connectivity index (χ3v) is 5.87. The summed E-state index contributed by atoms with van der Waals surface area (Å²) in [5.41, 5.74) is 0.116. The fourth-order valence-corrected chi connectivity index (χ4v) is 4.37. The van der Waals surface area contributed by atoms with E-state index in [0.29, 0.717) is 25.9 Å². The zero-order valence-corrected chi connectivity index (χ0v) is 16.9. The summed E-state index contributed by atoms with van der Waals surface area (Å²) in [4.78, 5) is 23.6. The van der Waals surface area contributed by atoms with Gasteiger partial charge in [0.15, 0.2) is 5.69 Å². The minimum Gasteiger partial charge on any atom is -0.627 e. The lowest BCUT2D eigenvalue weighted by Gasteiger charge is -2.45. The number of aryl methyl sites for hydroxylation is 1. The summed E-state index contributed by atoms with van der Waals surface area (Å²) in [6, 6.07) is 4.83. The molecule has 2 N–H and O–H groups in total. The molecule has 1 aliphatic rings. The molecule has 2 amide bonds. The second-order valence-corrected chi connectivity index (χ2v) is 8.27. The first-order chi connectivity index (χ1) is 13.7. The molecule has 1 aliphatic heterocycles. The number of sulfonamides is 1. The molecule has 0 bridgehead atoms. The van der Waals surface area contributed by atoms with Gasteiger partial charge in [-0.15, -0.1) is 0 Å². The van der Waals surface area contributed by atoms with E-state index in [0.717, 1.165) is 6.42 Å². The number of piperidine rings is 1. The second kappa shape index (κ2) is 8.27. The van der Waals surface area contributed by atoms with Crippen LogP contribution in [-0.2, 0) is 10.0 Å². The first-order valence-corrected chi connectivity index (χ1v) is 10.5. The third-order valence-electron chi connectivity index (χ3n) is 4.49. The fourth-order valence-electron chi connectivity index (χ4n) is 3.19. The van der Waals surface area contributed by atoms with Crippen molar-refractivity contribution < 1.29 is 17.9 Å². The molecule has 156 valence electrons. The first-order valence-electron chi connectivity index (χ1n) is 9.02. The number of quaternary nitrogens is 1. The minimum atomic E-state index is -4.30. The van der Waals surface area contributed by atoms with Gasteiger partial charge in [0.1, 0.15) is 10.7 Å². The molecule has 0 saturated carbocycles. The molecular weight excluding hydrogens is 400 g/mol. The average Bonchev–Trinajstić information content (AvgIpc) is 2.67. The van der Waals surface area contributed by atoms with Gasteiger partial charge in [0.25, 0.3) is 10.0 Å². The number of ether oxygens (including phenoxy) is 1. The van der Waals surface area contributed by atoms with Crippen LogP contribution in [0.5, 0.6) is 6.01 Å². The first kappa shape index (κ1) is 20.9. The quantitative estimate of drug-likeness (QED) is 0.547. The van der Waals surface area contributed by atoms with E-state index >= 15 is 0 Å². The number of rotatable bonds is 5. The van der Waals surface area contributed by atoms with Gasteiger partial charge in [0, 0.05) is 6.07 Å². The Morgan fingerprint density at radius 1 is 1.14 bits per heavy atom. The van der Waals surface area contributed by atoms with Crippen LogP contribution in [0.4, 0.5) is 16.4 Å². The maximum absolute atomic E-state index is 13.2. The van der Waals surface area contributed by atoms with Gasteiger partial charge in [-0.3, -0.25) is 5.32 Å². The number of para-hydroxylation sites is 1. The van der Waals surface area contributed by atoms with Crippen LogP contribution in [0.3, 0.4) is 0 Å². The highest BCUT2D eigenvalue weighted by Crippen LogP contribution is 2.33. The van der Waals surface area contributed by atoms with Crippen molar-refractivity contribution in [1.82, 2.24) is 24.3 Å². The van der Waals surface area contributed by atoms with Crippen LogP contribution in [0.1, 0.15) is 25.1 Å². The molecule has 0 spiro atoms. The van der Waals surface area contributed by atoms with Crippen LogP contribution < -0.4 is 19.4 Å². The second-order valence-electron chi connectivity index (χ2n) is 6.62. The van der Waals surface area contributed by atoms with Crippen LogP contribution in [-0.4, -0.2) is 49.6 Å². The van der Waals surface area contributed by atoms with E-state index in [1.54, 1.807) is 13.0 Å². The minimum absolute atomic E-state index is 0.0242. The Balaban J connectivity index is 1.83. The highest BCUT2D eigenvalue weighted by molar-refractivity contribution is 7.90. The van der Waals surface area contributed by atoms with Gasteiger partial charge in [-0.05, 0) is 32.3 Å². The van der Waals surface area contributed by atoms with Gasteiger partial charge in [-0.25, -0.2) is 17.9 Å². The van der Waals surface area contributed by atoms with Crippen LogP contribution in [0.15, 0.2) is 29.2 Å². The van der Waals surface area contributed by atoms with Crippen LogP contribution in [0.2, 0.25) is 0 Å². The molecule has 2 heterocycles. The molecule has 0 unspecified atom stereocenters. The van der Waals surface area contributed by atoms with Crippen molar-refractivity contribution in [3.63, 3.8) is 0 Å². The molecule has 1 aromatic heterocycles. The van der Waals surface area contributed by atoms with Crippen LogP contribution in [0, 0.1) is 12.1 Å². The number of benzene rings is 1. The Bertz CT molecular complexity index is 1010. The summed E-state index contributed by atoms with van der Waals surface area (Å²) in [7, 11) is -2.95. The predicted octanol–water partition coefficient (Wildman–Crippen LogP) is 1.69. The normalized spacial score (nSPS) is 16.1. The fraction of sp³-hybridized carbons (Fsp3) is 0.412. The number of carbonyl (C=O) groups is 1. The Kier molecular flexibility index (Phi) is 5.96. The molecule has 0 aliphatic carbocycles. The lowest BCUT2D eigenvalue weighted by atomic mass is 10.1. The van der Waals surface area contributed by atoms with E-state index < -0.39 is 20.7 Å². The number of urea groups is 1. The Labute approximate surface area is 168 Å². The lowest BCUT2D eigenvalue weighted by Crippen LogP contribution is -2.48. The molecule has 11 nitrogen and oxygen atoms in total. The summed E-state index contributed by atoms with van der Waals surface area (Å²) in [5.74, 6) is 0.113. The standard InChI is InChI=1S/C17H22N6O5S/c1-12-18-15(21-17(19-12)28-2)20-16(24)22-29(26,27)14-9-5-4-8-13(14)23(25)10-6-3-7-11-23/h4-5,8-9H,3,6-7,10-11H2,1-2H3,(H2,18,19,20,21,22,24). The molecule has 0 atom stereocenters. The topological polar surface area (TPSA) is 146 Å². The van der Waals surface area contributed by atoms with Crippen molar-refractivity contribution in [2.24, 2.45) is 0 Å². The Morgan fingerprint density at radius 2 is 1.83 bits per heavy atom. The number of nitrogens with one attached hydrogen (secondary N) is 2. The highest BCUT2D eigenvalue weighted by atomic mass is 32.2. The molecule has 12 heteroatoms. The van der Waals surface area contributed by atoms with Crippen molar-refractivity contribution in [1.29, 1.82) is 0 Å². The molecule has 1 aromatic carbocycles. The predicted molar refractivity (Wildman–Crippen MR) is 106 cm³/mol. The van der Waals surface area contributed by atoms with Crippen molar-refractivity contribution in [3.8, 4) is 6.01 Å². The van der Waals surface area contributed by atoms with Crippen molar-refractivity contribution in [2.45, 2.75) is 31.1 Å². The van der Waals surface area contributed by atoms with E-state index in [1.165, 1.54) is 25.3 Å². The van der Waals surface area contributed by atoms with Gasteiger partial charge in [0.05, 0.1) is 20.2 Å². The van der Waals surface area contributed by atoms with Gasteiger partial charge in [-0.1, -0.05) is 12.1 Å². The Hall–Kier alpha value is -2.83. The molecule has 2 aromatic rings. The number of amides is 2. The van der Waals surface area contributed by atoms with E-state index in [1.807, 2.05) is 4.72 Å². The summed E-state index contributed by atoms with van der Waals surface area (Å²) < 4.78 is 31.7. The van der Waals surface area contributed by atoms with E-state index in [4.69, 9.17) is 4.74 Å². The number of hydrogen-bond donors (Lipinski definition) is 2. The molecular formula is C17H22N6O5S. The van der Waals surface area contributed by atoms with Gasteiger partial charge < -0.3 is 14.6 Å². The zero-order valence-electron chi connectivity index (χ0n) is 16.1. The van der Waals surface area contributed by atoms with Crippen molar-refractivity contribution in [2.75, 3.05) is 25.5 Å². The summed E-state index contributed by atoms with van der Waals surface area (Å²) in [6.07, 6.45) is 2.37. The summed E-state index contributed by atoms with van der Waals surface area (Å²) in [6.45, 7) is 2.15. The van der Waals surface area contributed by atoms with Gasteiger partial charge in [0.2, 0.25) is 5.95 Å². The molecule has 0 radical (unpaired) electrons. The molecule has 29 heavy (non-hydrogen) atoms. The van der Waals surface area contributed by atoms with Gasteiger partial charge >= 0.3 is 12.0 Å². The smallest absolute Gasteiger partial charge is 0.335 e. The number of anilines is 1. The summed E-state index contributed by atoms with van der Waals surface area (Å²) in [5, 5.41) is 15.4. The SMILES string of the molecule is COc1nc(C)nc(NC(=O)NS(=O)(=O)c2ccccc2[N+]2([O-])CCCCC2)n1. The third kappa shape index (κ3) is 4.78. The average molecular weight is 422 g/mol. The van der Waals surface area contributed by atoms with E-state index in [9.17, 15) is 18.4 Å². The number of carbonyl (C=O) groups excluding carboxylic acids is 1. The Morgan fingerprint density at radius 3 is 2.52 bits per heavy atom. The number of aromatic nitrogens is 3. The van der Waals surface area contributed by atoms with Crippen molar-refractivity contribution in [3.05, 3.63) is 35.3 Å². The maximum Gasteiger partial charge on any atom is 0.335 e. The molecule has 3 rings (SSSR count). The van der Waals surface area contributed by atoms with Crippen LogP contribution in [0.25, 0.3) is 0 Å². The number of hydrogen-bond acceptors (Lipinski definition) is 8. The van der Waals surface area contributed by atoms with Gasteiger partial charge in [-0.2, -0.15) is 15.0 Å².